The molecule has 7 heteroatoms. The van der Waals surface area contributed by atoms with Crippen molar-refractivity contribution in [3.63, 3.8) is 0 Å². The van der Waals surface area contributed by atoms with Gasteiger partial charge in [-0.3, -0.25) is 24.6 Å². The molecule has 0 bridgehead atoms. The smallest absolute Gasteiger partial charge is 0.250 e. The Morgan fingerprint density at radius 3 is 2.39 bits per heavy atom. The second-order valence-corrected chi connectivity index (χ2v) is 9.96. The van der Waals surface area contributed by atoms with Gasteiger partial charge < -0.3 is 5.32 Å². The molecular formula is C24H24ClN3O3. The third-order valence-electron chi connectivity index (χ3n) is 6.67. The zero-order valence-electron chi connectivity index (χ0n) is 17.6. The molecule has 2 aromatic carbocycles. The number of imide groups is 1. The van der Waals surface area contributed by atoms with E-state index in [1.165, 1.54) is 4.90 Å². The van der Waals surface area contributed by atoms with Gasteiger partial charge in [-0.05, 0) is 38.8 Å². The third-order valence-corrected chi connectivity index (χ3v) is 6.98. The highest BCUT2D eigenvalue weighted by Crippen LogP contribution is 2.55. The van der Waals surface area contributed by atoms with Crippen molar-refractivity contribution in [3.8, 4) is 0 Å². The quantitative estimate of drug-likeness (QED) is 0.707. The molecule has 4 unspecified atom stereocenters. The molecule has 0 aliphatic carbocycles. The van der Waals surface area contributed by atoms with Gasteiger partial charge in [0.05, 0.1) is 22.5 Å². The van der Waals surface area contributed by atoms with E-state index < -0.39 is 22.9 Å². The molecule has 3 aliphatic heterocycles. The van der Waals surface area contributed by atoms with Crippen molar-refractivity contribution in [2.75, 3.05) is 5.32 Å². The Bertz CT molecular complexity index is 1110. The SMILES string of the molecule is CC(C)(C)N1C(=O)C2C(Cc3ccccc3)NC3(C(=O)Nc4c(Cl)cccc43)C2C1=O. The summed E-state index contributed by atoms with van der Waals surface area (Å²) in [5.74, 6) is -2.34. The van der Waals surface area contributed by atoms with Crippen LogP contribution in [-0.2, 0) is 26.3 Å². The highest BCUT2D eigenvalue weighted by atomic mass is 35.5. The maximum Gasteiger partial charge on any atom is 0.250 e. The van der Waals surface area contributed by atoms with Crippen molar-refractivity contribution in [1.82, 2.24) is 10.2 Å². The minimum atomic E-state index is -1.32. The maximum atomic E-state index is 13.7. The number of nitrogens with one attached hydrogen (secondary N) is 2. The van der Waals surface area contributed by atoms with E-state index in [0.29, 0.717) is 22.7 Å². The van der Waals surface area contributed by atoms with Gasteiger partial charge >= 0.3 is 0 Å². The molecule has 2 saturated heterocycles. The number of carbonyl (C=O) groups is 3. The van der Waals surface area contributed by atoms with Crippen LogP contribution in [0.2, 0.25) is 5.02 Å². The van der Waals surface area contributed by atoms with E-state index in [4.69, 9.17) is 11.6 Å². The third kappa shape index (κ3) is 2.71. The van der Waals surface area contributed by atoms with Crippen molar-refractivity contribution >= 4 is 35.0 Å². The number of likely N-dealkylation sites (tertiary alicyclic amines) is 1. The second kappa shape index (κ2) is 6.65. The molecule has 31 heavy (non-hydrogen) atoms. The fraction of sp³-hybridized carbons (Fsp3) is 0.375. The van der Waals surface area contributed by atoms with Crippen LogP contribution in [0.4, 0.5) is 5.69 Å². The zero-order valence-corrected chi connectivity index (χ0v) is 18.4. The molecule has 6 nitrogen and oxygen atoms in total. The van der Waals surface area contributed by atoms with E-state index in [1.54, 1.807) is 12.1 Å². The maximum absolute atomic E-state index is 13.7. The van der Waals surface area contributed by atoms with Crippen molar-refractivity contribution in [3.05, 3.63) is 64.7 Å². The summed E-state index contributed by atoms with van der Waals surface area (Å²) >= 11 is 6.37. The molecule has 3 aliphatic rings. The van der Waals surface area contributed by atoms with Crippen molar-refractivity contribution in [2.45, 2.75) is 44.3 Å². The monoisotopic (exact) mass is 437 g/mol. The number of benzene rings is 2. The van der Waals surface area contributed by atoms with E-state index in [9.17, 15) is 14.4 Å². The molecule has 2 fully saturated rings. The molecule has 2 N–H and O–H groups in total. The number of nitrogens with zero attached hydrogens (tertiary/aromatic N) is 1. The molecule has 5 rings (SSSR count). The summed E-state index contributed by atoms with van der Waals surface area (Å²) in [6.45, 7) is 5.53. The van der Waals surface area contributed by atoms with E-state index in [1.807, 2.05) is 57.2 Å². The number of amides is 3. The molecule has 0 radical (unpaired) electrons. The largest absolute Gasteiger partial charge is 0.323 e. The average Bonchev–Trinajstić information content (AvgIpc) is 3.28. The van der Waals surface area contributed by atoms with E-state index in [-0.39, 0.29) is 23.8 Å². The summed E-state index contributed by atoms with van der Waals surface area (Å²) in [4.78, 5) is 42.1. The van der Waals surface area contributed by atoms with Crippen molar-refractivity contribution < 1.29 is 14.4 Å². The Labute approximate surface area is 185 Å². The van der Waals surface area contributed by atoms with Crippen LogP contribution >= 0.6 is 11.6 Å². The first-order valence-electron chi connectivity index (χ1n) is 10.5. The number of hydrogen-bond acceptors (Lipinski definition) is 4. The zero-order chi connectivity index (χ0) is 22.1. The summed E-state index contributed by atoms with van der Waals surface area (Å²) in [6.07, 6.45) is 0.532. The molecule has 3 heterocycles. The van der Waals surface area contributed by atoms with Crippen LogP contribution in [-0.4, -0.2) is 34.2 Å². The Balaban J connectivity index is 1.68. The van der Waals surface area contributed by atoms with E-state index >= 15 is 0 Å². The highest BCUT2D eigenvalue weighted by molar-refractivity contribution is 6.35. The lowest BCUT2D eigenvalue weighted by molar-refractivity contribution is -0.147. The summed E-state index contributed by atoms with van der Waals surface area (Å²) in [5, 5.41) is 6.73. The minimum absolute atomic E-state index is 0.226. The Morgan fingerprint density at radius 2 is 1.71 bits per heavy atom. The lowest BCUT2D eigenvalue weighted by Crippen LogP contribution is -2.56. The number of halogens is 1. The van der Waals surface area contributed by atoms with Crippen LogP contribution < -0.4 is 10.6 Å². The molecule has 160 valence electrons. The molecule has 3 amide bonds. The summed E-state index contributed by atoms with van der Waals surface area (Å²) in [6, 6.07) is 14.7. The van der Waals surface area contributed by atoms with Crippen LogP contribution in [0, 0.1) is 11.8 Å². The first kappa shape index (κ1) is 20.2. The standard InChI is InChI=1S/C24H24ClN3O3/c1-23(2,3)28-20(29)17-16(12-13-8-5-4-6-9-13)27-24(18(17)21(28)30)14-10-7-11-15(25)19(14)26-22(24)31/h4-11,16-18,27H,12H2,1-3H3,(H,26,31). The van der Waals surface area contributed by atoms with Gasteiger partial charge in [-0.2, -0.15) is 0 Å². The van der Waals surface area contributed by atoms with Gasteiger partial charge in [0.2, 0.25) is 17.7 Å². The number of hydrogen-bond donors (Lipinski definition) is 2. The molecule has 0 saturated carbocycles. The predicted molar refractivity (Wildman–Crippen MR) is 117 cm³/mol. The molecule has 0 aromatic heterocycles. The number of carbonyl (C=O) groups excluding carboxylic acids is 3. The number of rotatable bonds is 2. The Kier molecular flexibility index (Phi) is 4.33. The van der Waals surface area contributed by atoms with Gasteiger partial charge in [-0.15, -0.1) is 0 Å². The summed E-state index contributed by atoms with van der Waals surface area (Å²) < 4.78 is 0. The molecule has 1 spiro atoms. The minimum Gasteiger partial charge on any atom is -0.323 e. The predicted octanol–water partition coefficient (Wildman–Crippen LogP) is 3.10. The number of para-hydroxylation sites is 1. The van der Waals surface area contributed by atoms with E-state index in [2.05, 4.69) is 10.6 Å². The Morgan fingerprint density at radius 1 is 1.00 bits per heavy atom. The topological polar surface area (TPSA) is 78.5 Å². The van der Waals surface area contributed by atoms with Gasteiger partial charge in [-0.25, -0.2) is 0 Å². The van der Waals surface area contributed by atoms with Crippen molar-refractivity contribution in [1.29, 1.82) is 0 Å². The van der Waals surface area contributed by atoms with Crippen LogP contribution in [0.15, 0.2) is 48.5 Å². The van der Waals surface area contributed by atoms with Crippen molar-refractivity contribution in [2.24, 2.45) is 11.8 Å². The first-order chi connectivity index (χ1) is 14.7. The fourth-order valence-corrected chi connectivity index (χ4v) is 5.72. The lowest BCUT2D eigenvalue weighted by Gasteiger charge is -2.34. The second-order valence-electron chi connectivity index (χ2n) is 9.55. The molecule has 2 aromatic rings. The Hall–Kier alpha value is -2.70. The van der Waals surface area contributed by atoms with Crippen LogP contribution in [0.25, 0.3) is 0 Å². The summed E-state index contributed by atoms with van der Waals surface area (Å²) in [5.41, 5.74) is 0.179. The van der Waals surface area contributed by atoms with Crippen LogP contribution in [0.5, 0.6) is 0 Å². The van der Waals surface area contributed by atoms with Gasteiger partial charge in [0.15, 0.2) is 0 Å². The fourth-order valence-electron chi connectivity index (χ4n) is 5.50. The molecule has 4 atom stereocenters. The lowest BCUT2D eigenvalue weighted by atomic mass is 9.76. The van der Waals surface area contributed by atoms with Crippen LogP contribution in [0.1, 0.15) is 31.9 Å². The molecular weight excluding hydrogens is 414 g/mol. The van der Waals surface area contributed by atoms with Gasteiger partial charge in [-0.1, -0.05) is 54.1 Å². The number of fused-ring (bicyclic) bond motifs is 4. The number of anilines is 1. The van der Waals surface area contributed by atoms with Crippen LogP contribution in [0.3, 0.4) is 0 Å². The van der Waals surface area contributed by atoms with Gasteiger partial charge in [0.1, 0.15) is 5.54 Å². The average molecular weight is 438 g/mol. The normalized spacial score (nSPS) is 29.5. The van der Waals surface area contributed by atoms with Gasteiger partial charge in [0.25, 0.3) is 0 Å². The van der Waals surface area contributed by atoms with E-state index in [0.717, 1.165) is 5.56 Å². The van der Waals surface area contributed by atoms with Gasteiger partial charge in [0, 0.05) is 17.1 Å². The highest BCUT2D eigenvalue weighted by Gasteiger charge is 2.71. The summed E-state index contributed by atoms with van der Waals surface area (Å²) in [7, 11) is 0. The first-order valence-corrected chi connectivity index (χ1v) is 10.8.